The highest BCUT2D eigenvalue weighted by Gasteiger charge is 2.26. The zero-order valence-corrected chi connectivity index (χ0v) is 11.9. The first-order valence-electron chi connectivity index (χ1n) is 7.29. The highest BCUT2D eigenvalue weighted by molar-refractivity contribution is 5.56. The van der Waals surface area contributed by atoms with Crippen molar-refractivity contribution in [3.8, 4) is 0 Å². The quantitative estimate of drug-likeness (QED) is 0.922. The Labute approximate surface area is 120 Å². The van der Waals surface area contributed by atoms with Gasteiger partial charge in [0.05, 0.1) is 6.10 Å². The molecule has 0 fully saturated rings. The number of fused-ring (bicyclic) bond motifs is 1. The second-order valence-corrected chi connectivity index (χ2v) is 5.70. The van der Waals surface area contributed by atoms with E-state index in [1.807, 2.05) is 13.0 Å². The third-order valence-electron chi connectivity index (χ3n) is 4.17. The molecule has 0 saturated heterocycles. The van der Waals surface area contributed by atoms with Crippen LogP contribution in [0, 0.1) is 5.92 Å². The largest absolute Gasteiger partial charge is 0.393 e. The molecule has 104 valence electrons. The highest BCUT2D eigenvalue weighted by atomic mass is 16.3. The lowest BCUT2D eigenvalue weighted by atomic mass is 9.89. The Morgan fingerprint density at radius 3 is 2.55 bits per heavy atom. The summed E-state index contributed by atoms with van der Waals surface area (Å²) in [6.07, 6.45) is 0.709. The summed E-state index contributed by atoms with van der Waals surface area (Å²) < 4.78 is 0. The molecule has 20 heavy (non-hydrogen) atoms. The first kappa shape index (κ1) is 13.2. The zero-order valence-electron chi connectivity index (χ0n) is 11.9. The standard InChI is InChI=1S/C18H21NO/c1-14(20)17-11-16-9-5-6-10-18(16)19(13-17)12-15-7-3-2-4-8-15/h2-10,14,17,20H,11-13H2,1H3. The summed E-state index contributed by atoms with van der Waals surface area (Å²) in [5.74, 6) is 0.314. The molecule has 0 radical (unpaired) electrons. The number of hydrogen-bond donors (Lipinski definition) is 1. The molecular weight excluding hydrogens is 246 g/mol. The van der Waals surface area contributed by atoms with Crippen molar-refractivity contribution < 1.29 is 5.11 Å². The number of nitrogens with zero attached hydrogens (tertiary/aromatic N) is 1. The SMILES string of the molecule is CC(O)C1Cc2ccccc2N(Cc2ccccc2)C1. The van der Waals surface area contributed by atoms with Gasteiger partial charge in [-0.2, -0.15) is 0 Å². The van der Waals surface area contributed by atoms with Crippen LogP contribution < -0.4 is 4.90 Å². The van der Waals surface area contributed by atoms with Gasteiger partial charge in [-0.05, 0) is 30.5 Å². The molecule has 1 N–H and O–H groups in total. The number of benzene rings is 2. The Balaban J connectivity index is 1.89. The van der Waals surface area contributed by atoms with Gasteiger partial charge < -0.3 is 10.0 Å². The average molecular weight is 267 g/mol. The number of para-hydroxylation sites is 1. The lowest BCUT2D eigenvalue weighted by Crippen LogP contribution is -2.39. The van der Waals surface area contributed by atoms with Crippen LogP contribution >= 0.6 is 0 Å². The van der Waals surface area contributed by atoms with Crippen LogP contribution in [0.25, 0.3) is 0 Å². The summed E-state index contributed by atoms with van der Waals surface area (Å²) >= 11 is 0. The molecule has 2 nitrogen and oxygen atoms in total. The zero-order chi connectivity index (χ0) is 13.9. The molecule has 0 spiro atoms. The summed E-state index contributed by atoms with van der Waals surface area (Å²) in [5, 5.41) is 9.96. The van der Waals surface area contributed by atoms with Crippen LogP contribution in [-0.2, 0) is 13.0 Å². The molecule has 0 aliphatic carbocycles. The molecule has 2 heteroatoms. The van der Waals surface area contributed by atoms with Gasteiger partial charge in [0, 0.05) is 24.7 Å². The van der Waals surface area contributed by atoms with E-state index in [1.54, 1.807) is 0 Å². The van der Waals surface area contributed by atoms with Crippen molar-refractivity contribution >= 4 is 5.69 Å². The summed E-state index contributed by atoms with van der Waals surface area (Å²) in [6, 6.07) is 19.1. The van der Waals surface area contributed by atoms with E-state index in [9.17, 15) is 5.11 Å². The average Bonchev–Trinajstić information content (AvgIpc) is 2.48. The fraction of sp³-hybridized carbons (Fsp3) is 0.333. The minimum absolute atomic E-state index is 0.262. The first-order chi connectivity index (χ1) is 9.74. The molecule has 0 saturated carbocycles. The van der Waals surface area contributed by atoms with E-state index in [0.29, 0.717) is 5.92 Å². The van der Waals surface area contributed by atoms with E-state index in [1.165, 1.54) is 16.8 Å². The number of rotatable bonds is 3. The van der Waals surface area contributed by atoms with Crippen LogP contribution in [-0.4, -0.2) is 17.8 Å². The van der Waals surface area contributed by atoms with Gasteiger partial charge in [0.2, 0.25) is 0 Å². The van der Waals surface area contributed by atoms with E-state index < -0.39 is 0 Å². The predicted octanol–water partition coefficient (Wildman–Crippen LogP) is 3.25. The first-order valence-corrected chi connectivity index (χ1v) is 7.29. The van der Waals surface area contributed by atoms with Crippen LogP contribution in [0.15, 0.2) is 54.6 Å². The summed E-state index contributed by atoms with van der Waals surface area (Å²) in [4.78, 5) is 2.39. The maximum Gasteiger partial charge on any atom is 0.0560 e. The molecule has 1 aliphatic rings. The Hall–Kier alpha value is -1.80. The lowest BCUT2D eigenvalue weighted by Gasteiger charge is -2.37. The Kier molecular flexibility index (Phi) is 3.75. The summed E-state index contributed by atoms with van der Waals surface area (Å²) in [5.41, 5.74) is 3.97. The third kappa shape index (κ3) is 2.70. The van der Waals surface area contributed by atoms with Gasteiger partial charge in [0.15, 0.2) is 0 Å². The fourth-order valence-electron chi connectivity index (χ4n) is 3.00. The van der Waals surface area contributed by atoms with E-state index in [-0.39, 0.29) is 6.10 Å². The van der Waals surface area contributed by atoms with Gasteiger partial charge in [-0.25, -0.2) is 0 Å². The van der Waals surface area contributed by atoms with Crippen molar-refractivity contribution in [3.05, 3.63) is 65.7 Å². The number of aliphatic hydroxyl groups is 1. The topological polar surface area (TPSA) is 23.5 Å². The van der Waals surface area contributed by atoms with Crippen molar-refractivity contribution in [2.45, 2.75) is 26.0 Å². The second-order valence-electron chi connectivity index (χ2n) is 5.70. The van der Waals surface area contributed by atoms with Gasteiger partial charge in [-0.3, -0.25) is 0 Å². The van der Waals surface area contributed by atoms with Gasteiger partial charge >= 0.3 is 0 Å². The van der Waals surface area contributed by atoms with E-state index in [0.717, 1.165) is 19.5 Å². The molecule has 2 unspecified atom stereocenters. The van der Waals surface area contributed by atoms with E-state index in [4.69, 9.17) is 0 Å². The van der Waals surface area contributed by atoms with Crippen LogP contribution in [0.4, 0.5) is 5.69 Å². The smallest absolute Gasteiger partial charge is 0.0560 e. The minimum Gasteiger partial charge on any atom is -0.393 e. The van der Waals surface area contributed by atoms with E-state index >= 15 is 0 Å². The maximum absolute atomic E-state index is 9.96. The fourth-order valence-corrected chi connectivity index (χ4v) is 3.00. The van der Waals surface area contributed by atoms with Crippen LogP contribution in [0.3, 0.4) is 0 Å². The predicted molar refractivity (Wildman–Crippen MR) is 82.8 cm³/mol. The molecule has 2 atom stereocenters. The molecule has 1 heterocycles. The summed E-state index contributed by atoms with van der Waals surface area (Å²) in [7, 11) is 0. The van der Waals surface area contributed by atoms with E-state index in [2.05, 4.69) is 53.4 Å². The molecule has 0 amide bonds. The number of aliphatic hydroxyl groups excluding tert-OH is 1. The van der Waals surface area contributed by atoms with Crippen LogP contribution in [0.1, 0.15) is 18.1 Å². The number of hydrogen-bond acceptors (Lipinski definition) is 2. The van der Waals surface area contributed by atoms with Crippen molar-refractivity contribution in [2.24, 2.45) is 5.92 Å². The second kappa shape index (κ2) is 5.68. The molecular formula is C18H21NO. The molecule has 0 aromatic heterocycles. The molecule has 2 aromatic carbocycles. The van der Waals surface area contributed by atoms with Gasteiger partial charge in [0.1, 0.15) is 0 Å². The molecule has 2 aromatic rings. The van der Waals surface area contributed by atoms with Crippen LogP contribution in [0.2, 0.25) is 0 Å². The Morgan fingerprint density at radius 1 is 1.10 bits per heavy atom. The molecule has 0 bridgehead atoms. The van der Waals surface area contributed by atoms with Gasteiger partial charge in [-0.15, -0.1) is 0 Å². The highest BCUT2D eigenvalue weighted by Crippen LogP contribution is 2.31. The normalized spacial score (nSPS) is 19.5. The van der Waals surface area contributed by atoms with Crippen molar-refractivity contribution in [1.82, 2.24) is 0 Å². The minimum atomic E-state index is -0.262. The monoisotopic (exact) mass is 267 g/mol. The molecule has 3 rings (SSSR count). The lowest BCUT2D eigenvalue weighted by molar-refractivity contribution is 0.125. The maximum atomic E-state index is 9.96. The van der Waals surface area contributed by atoms with Gasteiger partial charge in [-0.1, -0.05) is 48.5 Å². The number of anilines is 1. The van der Waals surface area contributed by atoms with Crippen LogP contribution in [0.5, 0.6) is 0 Å². The Bertz CT molecular complexity index is 565. The summed E-state index contributed by atoms with van der Waals surface area (Å²) in [6.45, 7) is 3.73. The van der Waals surface area contributed by atoms with Crippen molar-refractivity contribution in [1.29, 1.82) is 0 Å². The Morgan fingerprint density at radius 2 is 1.80 bits per heavy atom. The molecule has 1 aliphatic heterocycles. The van der Waals surface area contributed by atoms with Crippen molar-refractivity contribution in [2.75, 3.05) is 11.4 Å². The van der Waals surface area contributed by atoms with Crippen molar-refractivity contribution in [3.63, 3.8) is 0 Å². The third-order valence-corrected chi connectivity index (χ3v) is 4.17. The van der Waals surface area contributed by atoms with Gasteiger partial charge in [0.25, 0.3) is 0 Å².